The van der Waals surface area contributed by atoms with Crippen molar-refractivity contribution in [2.45, 2.75) is 38.6 Å². The lowest BCUT2D eigenvalue weighted by molar-refractivity contribution is -0.253. The molecular formula is C13H20N2O2. The van der Waals surface area contributed by atoms with Crippen molar-refractivity contribution in [2.75, 3.05) is 13.2 Å². The molecule has 1 aromatic heterocycles. The molecule has 17 heavy (non-hydrogen) atoms. The minimum atomic E-state index is -0.449. The fraction of sp³-hybridized carbons (Fsp3) is 0.615. The van der Waals surface area contributed by atoms with E-state index in [1.165, 1.54) is 5.56 Å². The van der Waals surface area contributed by atoms with Gasteiger partial charge in [0.15, 0.2) is 5.79 Å². The van der Waals surface area contributed by atoms with Crippen LogP contribution in [0.3, 0.4) is 0 Å². The van der Waals surface area contributed by atoms with E-state index in [2.05, 4.69) is 23.3 Å². The van der Waals surface area contributed by atoms with Crippen molar-refractivity contribution >= 4 is 0 Å². The second-order valence-corrected chi connectivity index (χ2v) is 4.89. The maximum atomic E-state index is 5.61. The fourth-order valence-electron chi connectivity index (χ4n) is 1.87. The summed E-state index contributed by atoms with van der Waals surface area (Å²) in [6, 6.07) is 4.50. The highest BCUT2D eigenvalue weighted by Crippen LogP contribution is 2.19. The van der Waals surface area contributed by atoms with Gasteiger partial charge in [-0.25, -0.2) is 0 Å². The molecule has 0 amide bonds. The van der Waals surface area contributed by atoms with E-state index in [0.29, 0.717) is 13.2 Å². The number of ether oxygens (including phenoxy) is 2. The Morgan fingerprint density at radius 3 is 2.71 bits per heavy atom. The molecule has 1 atom stereocenters. The molecule has 1 aliphatic heterocycles. The van der Waals surface area contributed by atoms with Gasteiger partial charge in [-0.1, -0.05) is 6.07 Å². The molecule has 0 radical (unpaired) electrons. The largest absolute Gasteiger partial charge is 0.349 e. The Kier molecular flexibility index (Phi) is 3.76. The first-order chi connectivity index (χ1) is 8.07. The average Bonchev–Trinajstić information content (AvgIpc) is 2.33. The third kappa shape index (κ3) is 3.49. The topological polar surface area (TPSA) is 43.4 Å². The van der Waals surface area contributed by atoms with Crippen LogP contribution in [0.15, 0.2) is 24.5 Å². The molecule has 4 heteroatoms. The molecule has 0 spiro atoms. The summed E-state index contributed by atoms with van der Waals surface area (Å²) < 4.78 is 11.2. The Bertz CT molecular complexity index is 344. The van der Waals surface area contributed by atoms with Crippen LogP contribution in [-0.2, 0) is 9.47 Å². The summed E-state index contributed by atoms with van der Waals surface area (Å²) in [6.45, 7) is 7.35. The summed E-state index contributed by atoms with van der Waals surface area (Å²) in [4.78, 5) is 4.12. The molecule has 1 aliphatic rings. The van der Waals surface area contributed by atoms with Crippen molar-refractivity contribution in [1.82, 2.24) is 10.3 Å². The molecule has 2 rings (SSSR count). The fourth-order valence-corrected chi connectivity index (χ4v) is 1.87. The third-order valence-corrected chi connectivity index (χ3v) is 2.93. The Morgan fingerprint density at radius 2 is 2.12 bits per heavy atom. The zero-order chi connectivity index (χ0) is 12.3. The van der Waals surface area contributed by atoms with Crippen molar-refractivity contribution in [3.63, 3.8) is 0 Å². The molecule has 2 heterocycles. The van der Waals surface area contributed by atoms with Crippen molar-refractivity contribution in [2.24, 2.45) is 0 Å². The molecule has 0 saturated carbocycles. The average molecular weight is 236 g/mol. The standard InChI is InChI=1S/C13H20N2O2/c1-10(11-5-4-6-14-7-11)15-12-8-16-13(2,3)17-9-12/h4-7,10,12,15H,8-9H2,1-3H3/t10-/m0/s1. The number of rotatable bonds is 3. The highest BCUT2D eigenvalue weighted by molar-refractivity contribution is 5.13. The number of aromatic nitrogens is 1. The van der Waals surface area contributed by atoms with E-state index < -0.39 is 5.79 Å². The van der Waals surface area contributed by atoms with Crippen LogP contribution in [0.4, 0.5) is 0 Å². The molecule has 1 saturated heterocycles. The van der Waals surface area contributed by atoms with Crippen LogP contribution in [0, 0.1) is 0 Å². The molecule has 0 aliphatic carbocycles. The molecule has 94 valence electrons. The highest BCUT2D eigenvalue weighted by atomic mass is 16.7. The van der Waals surface area contributed by atoms with Gasteiger partial charge in [0.05, 0.1) is 19.3 Å². The number of pyridine rings is 1. The van der Waals surface area contributed by atoms with E-state index in [4.69, 9.17) is 9.47 Å². The monoisotopic (exact) mass is 236 g/mol. The summed E-state index contributed by atoms with van der Waals surface area (Å²) in [5.41, 5.74) is 1.18. The van der Waals surface area contributed by atoms with Crippen molar-refractivity contribution in [3.8, 4) is 0 Å². The molecule has 4 nitrogen and oxygen atoms in total. The Labute approximate surface area is 102 Å². The summed E-state index contributed by atoms with van der Waals surface area (Å²) in [5.74, 6) is -0.449. The normalized spacial score (nSPS) is 22.3. The van der Waals surface area contributed by atoms with E-state index in [-0.39, 0.29) is 12.1 Å². The number of hydrogen-bond donors (Lipinski definition) is 1. The highest BCUT2D eigenvalue weighted by Gasteiger charge is 2.28. The SMILES string of the molecule is C[C@H](NC1COC(C)(C)OC1)c1cccnc1. The van der Waals surface area contributed by atoms with Crippen molar-refractivity contribution in [1.29, 1.82) is 0 Å². The Morgan fingerprint density at radius 1 is 1.41 bits per heavy atom. The van der Waals surface area contributed by atoms with Crippen molar-refractivity contribution < 1.29 is 9.47 Å². The molecule has 0 aromatic carbocycles. The zero-order valence-corrected chi connectivity index (χ0v) is 10.6. The first-order valence-corrected chi connectivity index (χ1v) is 6.01. The lowest BCUT2D eigenvalue weighted by Gasteiger charge is -2.36. The van der Waals surface area contributed by atoms with Crippen LogP contribution in [0.25, 0.3) is 0 Å². The van der Waals surface area contributed by atoms with E-state index in [1.807, 2.05) is 26.1 Å². The van der Waals surface area contributed by atoms with E-state index in [9.17, 15) is 0 Å². The predicted octanol–water partition coefficient (Wildman–Crippen LogP) is 1.88. The molecule has 0 bridgehead atoms. The van der Waals surface area contributed by atoms with Gasteiger partial charge < -0.3 is 14.8 Å². The van der Waals surface area contributed by atoms with Crippen LogP contribution < -0.4 is 5.32 Å². The molecule has 1 fully saturated rings. The number of nitrogens with zero attached hydrogens (tertiary/aromatic N) is 1. The van der Waals surface area contributed by atoms with Crippen molar-refractivity contribution in [3.05, 3.63) is 30.1 Å². The van der Waals surface area contributed by atoms with E-state index >= 15 is 0 Å². The van der Waals surface area contributed by atoms with Gasteiger partial charge in [0.25, 0.3) is 0 Å². The molecule has 1 aromatic rings. The summed E-state index contributed by atoms with van der Waals surface area (Å²) in [7, 11) is 0. The lowest BCUT2D eigenvalue weighted by Crippen LogP contribution is -2.49. The maximum Gasteiger partial charge on any atom is 0.162 e. The minimum Gasteiger partial charge on any atom is -0.349 e. The van der Waals surface area contributed by atoms with Gasteiger partial charge in [-0.2, -0.15) is 0 Å². The van der Waals surface area contributed by atoms with Gasteiger partial charge in [0.2, 0.25) is 0 Å². The van der Waals surface area contributed by atoms with Gasteiger partial charge in [-0.05, 0) is 32.4 Å². The van der Waals surface area contributed by atoms with E-state index in [1.54, 1.807) is 6.20 Å². The summed E-state index contributed by atoms with van der Waals surface area (Å²) in [6.07, 6.45) is 3.66. The first-order valence-electron chi connectivity index (χ1n) is 6.01. The quantitative estimate of drug-likeness (QED) is 0.870. The lowest BCUT2D eigenvalue weighted by atomic mass is 10.1. The van der Waals surface area contributed by atoms with Crippen LogP contribution >= 0.6 is 0 Å². The van der Waals surface area contributed by atoms with Gasteiger partial charge in [-0.3, -0.25) is 4.98 Å². The smallest absolute Gasteiger partial charge is 0.162 e. The molecule has 1 N–H and O–H groups in total. The van der Waals surface area contributed by atoms with E-state index in [0.717, 1.165) is 0 Å². The second kappa shape index (κ2) is 5.12. The van der Waals surface area contributed by atoms with Gasteiger partial charge >= 0.3 is 0 Å². The molecule has 0 unspecified atom stereocenters. The second-order valence-electron chi connectivity index (χ2n) is 4.89. The Hall–Kier alpha value is -0.970. The number of hydrogen-bond acceptors (Lipinski definition) is 4. The third-order valence-electron chi connectivity index (χ3n) is 2.93. The van der Waals surface area contributed by atoms with Gasteiger partial charge in [0, 0.05) is 18.4 Å². The van der Waals surface area contributed by atoms with Crippen LogP contribution in [0.5, 0.6) is 0 Å². The van der Waals surface area contributed by atoms with Crippen LogP contribution in [0.1, 0.15) is 32.4 Å². The molecular weight excluding hydrogens is 216 g/mol. The zero-order valence-electron chi connectivity index (χ0n) is 10.6. The van der Waals surface area contributed by atoms with Gasteiger partial charge in [0.1, 0.15) is 0 Å². The number of nitrogens with one attached hydrogen (secondary N) is 1. The maximum absolute atomic E-state index is 5.61. The first kappa shape index (κ1) is 12.5. The minimum absolute atomic E-state index is 0.234. The summed E-state index contributed by atoms with van der Waals surface area (Å²) >= 11 is 0. The van der Waals surface area contributed by atoms with Gasteiger partial charge in [-0.15, -0.1) is 0 Å². The summed E-state index contributed by atoms with van der Waals surface area (Å²) in [5, 5.41) is 3.48. The predicted molar refractivity (Wildman–Crippen MR) is 65.6 cm³/mol. The van der Waals surface area contributed by atoms with Crippen LogP contribution in [0.2, 0.25) is 0 Å². The Balaban J connectivity index is 1.86. The van der Waals surface area contributed by atoms with Crippen LogP contribution in [-0.4, -0.2) is 30.0 Å².